The second-order valence-electron chi connectivity index (χ2n) is 5.44. The Morgan fingerprint density at radius 2 is 2.18 bits per heavy atom. The van der Waals surface area contributed by atoms with Gasteiger partial charge in [-0.2, -0.15) is 0 Å². The van der Waals surface area contributed by atoms with Gasteiger partial charge in [-0.1, -0.05) is 6.92 Å². The van der Waals surface area contributed by atoms with Crippen LogP contribution in [0.4, 0.5) is 0 Å². The predicted molar refractivity (Wildman–Crippen MR) is 60.5 cm³/mol. The van der Waals surface area contributed by atoms with Crippen molar-refractivity contribution in [3.8, 4) is 0 Å². The van der Waals surface area contributed by atoms with Crippen LogP contribution in [0.5, 0.6) is 0 Å². The molecular weight excluding hydrogens is 222 g/mol. The van der Waals surface area contributed by atoms with Crippen LogP contribution in [-0.2, 0) is 14.3 Å². The van der Waals surface area contributed by atoms with E-state index in [9.17, 15) is 9.59 Å². The monoisotopic (exact) mass is 241 g/mol. The van der Waals surface area contributed by atoms with E-state index in [1.54, 1.807) is 4.90 Å². The van der Waals surface area contributed by atoms with Crippen LogP contribution in [0.1, 0.15) is 26.2 Å². The van der Waals surface area contributed by atoms with Gasteiger partial charge in [0.1, 0.15) is 0 Å². The minimum absolute atomic E-state index is 0.0230. The van der Waals surface area contributed by atoms with Crippen LogP contribution in [0.15, 0.2) is 0 Å². The molecule has 0 aromatic heterocycles. The van der Waals surface area contributed by atoms with Crippen molar-refractivity contribution in [1.82, 2.24) is 4.90 Å². The number of nitrogens with zero attached hydrogens (tertiary/aromatic N) is 1. The summed E-state index contributed by atoms with van der Waals surface area (Å²) in [6.45, 7) is 4.66. The number of likely N-dealkylation sites (tertiary alicyclic amines) is 1. The molecule has 0 aromatic rings. The van der Waals surface area contributed by atoms with Gasteiger partial charge in [-0.15, -0.1) is 0 Å². The van der Waals surface area contributed by atoms with Gasteiger partial charge in [0.05, 0.1) is 5.92 Å². The van der Waals surface area contributed by atoms with E-state index in [0.29, 0.717) is 13.1 Å². The molecule has 0 radical (unpaired) electrons. The number of carbonyl (C=O) groups excluding carboxylic acids is 1. The summed E-state index contributed by atoms with van der Waals surface area (Å²) in [5.74, 6) is -1.41. The van der Waals surface area contributed by atoms with Crippen LogP contribution in [0.3, 0.4) is 0 Å². The van der Waals surface area contributed by atoms with Crippen LogP contribution < -0.4 is 0 Å². The normalized spacial score (nSPS) is 28.4. The van der Waals surface area contributed by atoms with Crippen molar-refractivity contribution in [1.29, 1.82) is 0 Å². The number of ether oxygens (including phenoxy) is 1. The number of hydrogen-bond donors (Lipinski definition) is 1. The first-order valence-corrected chi connectivity index (χ1v) is 6.08. The van der Waals surface area contributed by atoms with Gasteiger partial charge < -0.3 is 14.7 Å². The smallest absolute Gasteiger partial charge is 0.308 e. The van der Waals surface area contributed by atoms with Crippen molar-refractivity contribution >= 4 is 11.9 Å². The molecule has 5 heteroatoms. The maximum absolute atomic E-state index is 11.7. The standard InChI is InChI=1S/C12H19NO4/c1-12(2-4-17-5-3-12)8-13-7-9(11(15)16)6-10(13)14/h9H,2-8H2,1H3,(H,15,16). The van der Waals surface area contributed by atoms with Crippen molar-refractivity contribution in [2.45, 2.75) is 26.2 Å². The highest BCUT2D eigenvalue weighted by molar-refractivity contribution is 5.86. The summed E-state index contributed by atoms with van der Waals surface area (Å²) >= 11 is 0. The fourth-order valence-corrected chi connectivity index (χ4v) is 2.57. The highest BCUT2D eigenvalue weighted by Gasteiger charge is 2.38. The Bertz CT molecular complexity index is 322. The molecule has 5 nitrogen and oxygen atoms in total. The molecule has 0 aliphatic carbocycles. The third kappa shape index (κ3) is 2.77. The van der Waals surface area contributed by atoms with Crippen molar-refractivity contribution < 1.29 is 19.4 Å². The summed E-state index contributed by atoms with van der Waals surface area (Å²) in [5.41, 5.74) is 0.0846. The molecule has 1 atom stereocenters. The average Bonchev–Trinajstić information content (AvgIpc) is 2.61. The van der Waals surface area contributed by atoms with Gasteiger partial charge in [-0.25, -0.2) is 0 Å². The van der Waals surface area contributed by atoms with Crippen molar-refractivity contribution in [2.24, 2.45) is 11.3 Å². The molecule has 2 fully saturated rings. The molecule has 2 rings (SSSR count). The molecule has 2 aliphatic heterocycles. The quantitative estimate of drug-likeness (QED) is 0.791. The zero-order valence-electron chi connectivity index (χ0n) is 10.1. The van der Waals surface area contributed by atoms with Gasteiger partial charge in [0, 0.05) is 32.7 Å². The molecule has 1 N–H and O–H groups in total. The highest BCUT2D eigenvalue weighted by atomic mass is 16.5. The van der Waals surface area contributed by atoms with Crippen LogP contribution in [0.25, 0.3) is 0 Å². The first-order chi connectivity index (χ1) is 8.00. The van der Waals surface area contributed by atoms with Crippen LogP contribution >= 0.6 is 0 Å². The van der Waals surface area contributed by atoms with Crippen LogP contribution in [0.2, 0.25) is 0 Å². The fourth-order valence-electron chi connectivity index (χ4n) is 2.57. The average molecular weight is 241 g/mol. The topological polar surface area (TPSA) is 66.8 Å². The molecule has 0 saturated carbocycles. The first-order valence-electron chi connectivity index (χ1n) is 6.08. The van der Waals surface area contributed by atoms with Gasteiger partial charge in [0.15, 0.2) is 0 Å². The lowest BCUT2D eigenvalue weighted by atomic mass is 9.82. The number of carboxylic acid groups (broad SMARTS) is 1. The second kappa shape index (κ2) is 4.64. The lowest BCUT2D eigenvalue weighted by molar-refractivity contribution is -0.141. The minimum atomic E-state index is -0.863. The van der Waals surface area contributed by atoms with Crippen molar-refractivity contribution in [2.75, 3.05) is 26.3 Å². The molecule has 0 spiro atoms. The summed E-state index contributed by atoms with van der Waals surface area (Å²) in [6.07, 6.45) is 2.03. The molecular formula is C12H19NO4. The van der Waals surface area contributed by atoms with E-state index >= 15 is 0 Å². The van der Waals surface area contributed by atoms with E-state index in [0.717, 1.165) is 26.1 Å². The third-order valence-electron chi connectivity index (χ3n) is 3.84. The third-order valence-corrected chi connectivity index (χ3v) is 3.84. The maximum Gasteiger partial charge on any atom is 0.308 e. The molecule has 2 saturated heterocycles. The van der Waals surface area contributed by atoms with Gasteiger partial charge in [-0.05, 0) is 18.3 Å². The van der Waals surface area contributed by atoms with Gasteiger partial charge in [0.2, 0.25) is 5.91 Å². The Hall–Kier alpha value is -1.10. The highest BCUT2D eigenvalue weighted by Crippen LogP contribution is 2.32. The summed E-state index contributed by atoms with van der Waals surface area (Å²) in [7, 11) is 0. The molecule has 17 heavy (non-hydrogen) atoms. The Kier molecular flexibility index (Phi) is 3.38. The maximum atomic E-state index is 11.7. The molecule has 1 amide bonds. The zero-order valence-corrected chi connectivity index (χ0v) is 10.1. The first kappa shape index (κ1) is 12.4. The van der Waals surface area contributed by atoms with Crippen LogP contribution in [-0.4, -0.2) is 48.2 Å². The Morgan fingerprint density at radius 3 is 2.71 bits per heavy atom. The zero-order chi connectivity index (χ0) is 12.5. The molecule has 2 heterocycles. The number of rotatable bonds is 3. The minimum Gasteiger partial charge on any atom is -0.481 e. The van der Waals surface area contributed by atoms with Crippen molar-refractivity contribution in [3.63, 3.8) is 0 Å². The van der Waals surface area contributed by atoms with E-state index in [-0.39, 0.29) is 17.7 Å². The molecule has 0 aromatic carbocycles. The lowest BCUT2D eigenvalue weighted by Gasteiger charge is -2.36. The predicted octanol–water partition coefficient (Wildman–Crippen LogP) is 0.736. The Balaban J connectivity index is 1.95. The Morgan fingerprint density at radius 1 is 1.53 bits per heavy atom. The summed E-state index contributed by atoms with van der Waals surface area (Å²) in [5, 5.41) is 8.92. The number of aliphatic carboxylic acids is 1. The summed E-state index contributed by atoms with van der Waals surface area (Å²) in [4.78, 5) is 24.3. The number of hydrogen-bond acceptors (Lipinski definition) is 3. The molecule has 96 valence electrons. The summed E-state index contributed by atoms with van der Waals surface area (Å²) < 4.78 is 5.32. The van der Waals surface area contributed by atoms with E-state index < -0.39 is 11.9 Å². The number of carboxylic acids is 1. The number of carbonyl (C=O) groups is 2. The Labute approximate surface area is 101 Å². The molecule has 2 aliphatic rings. The van der Waals surface area contributed by atoms with E-state index in [4.69, 9.17) is 9.84 Å². The second-order valence-corrected chi connectivity index (χ2v) is 5.44. The fraction of sp³-hybridized carbons (Fsp3) is 0.833. The van der Waals surface area contributed by atoms with Gasteiger partial charge in [-0.3, -0.25) is 9.59 Å². The largest absolute Gasteiger partial charge is 0.481 e. The van der Waals surface area contributed by atoms with Gasteiger partial charge >= 0.3 is 5.97 Å². The summed E-state index contributed by atoms with van der Waals surface area (Å²) in [6, 6.07) is 0. The lowest BCUT2D eigenvalue weighted by Crippen LogP contribution is -2.40. The van der Waals surface area contributed by atoms with E-state index in [2.05, 4.69) is 6.92 Å². The number of amides is 1. The van der Waals surface area contributed by atoms with Gasteiger partial charge in [0.25, 0.3) is 0 Å². The SMILES string of the molecule is CC1(CN2CC(C(=O)O)CC2=O)CCOCC1. The van der Waals surface area contributed by atoms with E-state index in [1.165, 1.54) is 0 Å². The molecule has 0 bridgehead atoms. The van der Waals surface area contributed by atoms with Crippen molar-refractivity contribution in [3.05, 3.63) is 0 Å². The van der Waals surface area contributed by atoms with E-state index in [1.807, 2.05) is 0 Å². The molecule has 1 unspecified atom stereocenters. The van der Waals surface area contributed by atoms with Crippen LogP contribution in [0, 0.1) is 11.3 Å².